The molecule has 1 aromatic rings. The largest absolute Gasteiger partial charge is 0.459 e. The molecule has 0 N–H and O–H groups in total. The van der Waals surface area contributed by atoms with Crippen molar-refractivity contribution in [3.05, 3.63) is 34.7 Å². The van der Waals surface area contributed by atoms with Crippen LogP contribution in [0.15, 0.2) is 29.3 Å². The number of pyridine rings is 1. The van der Waals surface area contributed by atoms with Crippen LogP contribution in [0.1, 0.15) is 41.5 Å². The second-order valence-electron chi connectivity index (χ2n) is 7.04. The highest BCUT2D eigenvalue weighted by Gasteiger charge is 2.27. The molecule has 1 heterocycles. The van der Waals surface area contributed by atoms with E-state index in [1.807, 2.05) is 0 Å². The molecule has 0 spiro atoms. The normalized spacial score (nSPS) is 11.7. The van der Waals surface area contributed by atoms with Crippen LogP contribution in [0.25, 0.3) is 0 Å². The average Bonchev–Trinajstić information content (AvgIpc) is 2.33. The Labute approximate surface area is 135 Å². The number of rotatable bonds is 3. The number of nitrogens with zero attached hydrogens (tertiary/aromatic N) is 2. The molecule has 7 nitrogen and oxygen atoms in total. The monoisotopic (exact) mass is 324 g/mol. The van der Waals surface area contributed by atoms with Crippen molar-refractivity contribution >= 4 is 12.1 Å². The summed E-state index contributed by atoms with van der Waals surface area (Å²) in [4.78, 5) is 35.6. The molecule has 0 aromatic carbocycles. The number of hydrogen-bond acceptors (Lipinski definition) is 5. The van der Waals surface area contributed by atoms with Gasteiger partial charge in [0.15, 0.2) is 5.43 Å². The SMILES string of the molecule is CC(C)(C)OC(=O)CN(C(=O)OC(C)(C)C)n1ccc(=O)cc1. The first-order valence-electron chi connectivity index (χ1n) is 7.28. The zero-order valence-corrected chi connectivity index (χ0v) is 14.5. The van der Waals surface area contributed by atoms with Gasteiger partial charge in [-0.25, -0.2) is 9.80 Å². The fraction of sp³-hybridized carbons (Fsp3) is 0.562. The molecule has 0 unspecified atom stereocenters. The summed E-state index contributed by atoms with van der Waals surface area (Å²) in [5.74, 6) is -0.581. The Kier molecular flexibility index (Phi) is 5.58. The van der Waals surface area contributed by atoms with Gasteiger partial charge in [-0.3, -0.25) is 14.3 Å². The lowest BCUT2D eigenvalue weighted by Crippen LogP contribution is -2.47. The van der Waals surface area contributed by atoms with Crippen LogP contribution in [0, 0.1) is 0 Å². The van der Waals surface area contributed by atoms with Gasteiger partial charge in [0.2, 0.25) is 0 Å². The van der Waals surface area contributed by atoms with Crippen LogP contribution in [0.3, 0.4) is 0 Å². The highest BCUT2D eigenvalue weighted by molar-refractivity contribution is 5.86. The number of carbonyl (C=O) groups is 2. The molecular weight excluding hydrogens is 300 g/mol. The van der Waals surface area contributed by atoms with Gasteiger partial charge < -0.3 is 9.47 Å². The smallest absolute Gasteiger partial charge is 0.430 e. The number of hydrogen-bond donors (Lipinski definition) is 0. The Morgan fingerprint density at radius 2 is 1.48 bits per heavy atom. The number of esters is 1. The highest BCUT2D eigenvalue weighted by Crippen LogP contribution is 2.11. The van der Waals surface area contributed by atoms with Crippen molar-refractivity contribution in [1.29, 1.82) is 0 Å². The summed E-state index contributed by atoms with van der Waals surface area (Å²) in [6, 6.07) is 2.57. The van der Waals surface area contributed by atoms with Crippen molar-refractivity contribution in [2.45, 2.75) is 52.7 Å². The van der Waals surface area contributed by atoms with Gasteiger partial charge in [0, 0.05) is 24.5 Å². The zero-order chi connectivity index (χ0) is 17.8. The van der Waals surface area contributed by atoms with Crippen LogP contribution in [-0.2, 0) is 14.3 Å². The van der Waals surface area contributed by atoms with Crippen molar-refractivity contribution in [3.8, 4) is 0 Å². The third-order valence-corrected chi connectivity index (χ3v) is 2.36. The molecule has 7 heteroatoms. The second kappa shape index (κ2) is 6.85. The molecule has 1 rings (SSSR count). The van der Waals surface area contributed by atoms with Gasteiger partial charge in [0.1, 0.15) is 17.7 Å². The summed E-state index contributed by atoms with van der Waals surface area (Å²) in [6.45, 7) is 10.0. The summed E-state index contributed by atoms with van der Waals surface area (Å²) in [6.07, 6.45) is 2.06. The molecule has 0 saturated heterocycles. The minimum atomic E-state index is -0.720. The van der Waals surface area contributed by atoms with Crippen LogP contribution in [0.5, 0.6) is 0 Å². The van der Waals surface area contributed by atoms with Crippen molar-refractivity contribution < 1.29 is 19.1 Å². The van der Waals surface area contributed by atoms with Crippen LogP contribution >= 0.6 is 0 Å². The Balaban J connectivity index is 3.01. The van der Waals surface area contributed by atoms with Crippen molar-refractivity contribution in [2.75, 3.05) is 11.6 Å². The van der Waals surface area contributed by atoms with E-state index in [0.717, 1.165) is 5.01 Å². The molecule has 0 aliphatic carbocycles. The quantitative estimate of drug-likeness (QED) is 0.795. The molecule has 0 aliphatic heterocycles. The van der Waals surface area contributed by atoms with Gasteiger partial charge in [0.05, 0.1) is 0 Å². The fourth-order valence-electron chi connectivity index (χ4n) is 1.62. The predicted octanol–water partition coefficient (Wildman–Crippen LogP) is 2.06. The maximum Gasteiger partial charge on any atom is 0.430 e. The molecule has 0 atom stereocenters. The van der Waals surface area contributed by atoms with E-state index in [9.17, 15) is 14.4 Å². The molecule has 0 radical (unpaired) electrons. The van der Waals surface area contributed by atoms with Gasteiger partial charge in [0.25, 0.3) is 0 Å². The Bertz CT molecular complexity index is 602. The summed E-state index contributed by atoms with van der Waals surface area (Å²) in [5.41, 5.74) is -1.59. The van der Waals surface area contributed by atoms with E-state index in [4.69, 9.17) is 9.47 Å². The minimum Gasteiger partial charge on any atom is -0.459 e. The number of ether oxygens (including phenoxy) is 2. The first kappa shape index (κ1) is 18.7. The van der Waals surface area contributed by atoms with E-state index in [0.29, 0.717) is 0 Å². The summed E-state index contributed by atoms with van der Waals surface area (Å²) < 4.78 is 11.8. The molecule has 128 valence electrons. The van der Waals surface area contributed by atoms with E-state index in [1.54, 1.807) is 41.5 Å². The third kappa shape index (κ3) is 6.99. The van der Waals surface area contributed by atoms with Crippen molar-refractivity contribution in [1.82, 2.24) is 4.68 Å². The molecular formula is C16H24N2O5. The van der Waals surface area contributed by atoms with Crippen molar-refractivity contribution in [3.63, 3.8) is 0 Å². The lowest BCUT2D eigenvalue weighted by molar-refractivity contribution is -0.153. The number of amides is 1. The second-order valence-corrected chi connectivity index (χ2v) is 7.04. The Morgan fingerprint density at radius 1 is 1.00 bits per heavy atom. The minimum absolute atomic E-state index is 0.206. The summed E-state index contributed by atoms with van der Waals surface area (Å²) >= 11 is 0. The van der Waals surface area contributed by atoms with Gasteiger partial charge in [-0.2, -0.15) is 0 Å². The third-order valence-electron chi connectivity index (χ3n) is 2.36. The summed E-state index contributed by atoms with van der Waals surface area (Å²) in [5, 5.41) is 1.07. The maximum absolute atomic E-state index is 12.3. The van der Waals surface area contributed by atoms with E-state index >= 15 is 0 Å². The number of carbonyl (C=O) groups excluding carboxylic acids is 2. The average molecular weight is 324 g/mol. The van der Waals surface area contributed by atoms with Crippen LogP contribution < -0.4 is 10.4 Å². The Morgan fingerprint density at radius 3 is 1.91 bits per heavy atom. The lowest BCUT2D eigenvalue weighted by atomic mass is 10.2. The van der Waals surface area contributed by atoms with Crippen LogP contribution in [-0.4, -0.2) is 34.5 Å². The highest BCUT2D eigenvalue weighted by atomic mass is 16.6. The zero-order valence-electron chi connectivity index (χ0n) is 14.5. The molecule has 1 aromatic heterocycles. The first-order valence-corrected chi connectivity index (χ1v) is 7.28. The predicted molar refractivity (Wildman–Crippen MR) is 85.9 cm³/mol. The molecule has 0 aliphatic rings. The maximum atomic E-state index is 12.3. The van der Waals surface area contributed by atoms with E-state index in [-0.39, 0.29) is 12.0 Å². The molecule has 0 fully saturated rings. The van der Waals surface area contributed by atoms with E-state index < -0.39 is 23.3 Å². The Hall–Kier alpha value is -2.31. The van der Waals surface area contributed by atoms with Crippen molar-refractivity contribution in [2.24, 2.45) is 0 Å². The first-order chi connectivity index (χ1) is 10.4. The summed E-state index contributed by atoms with van der Waals surface area (Å²) in [7, 11) is 0. The lowest BCUT2D eigenvalue weighted by Gasteiger charge is -2.29. The van der Waals surface area contributed by atoms with Crippen LogP contribution in [0.4, 0.5) is 4.79 Å². The van der Waals surface area contributed by atoms with Crippen LogP contribution in [0.2, 0.25) is 0 Å². The topological polar surface area (TPSA) is 77.8 Å². The van der Waals surface area contributed by atoms with E-state index in [1.165, 1.54) is 29.2 Å². The standard InChI is InChI=1S/C16H24N2O5/c1-15(2,3)22-13(20)11-18(14(21)23-16(4,5)6)17-9-7-12(19)8-10-17/h7-10H,11H2,1-6H3. The molecule has 0 bridgehead atoms. The molecule has 1 amide bonds. The van der Waals surface area contributed by atoms with Gasteiger partial charge >= 0.3 is 12.1 Å². The van der Waals surface area contributed by atoms with E-state index in [2.05, 4.69) is 0 Å². The molecule has 23 heavy (non-hydrogen) atoms. The molecule has 0 saturated carbocycles. The van der Waals surface area contributed by atoms with Gasteiger partial charge in [-0.15, -0.1) is 0 Å². The fourth-order valence-corrected chi connectivity index (χ4v) is 1.62. The number of aromatic nitrogens is 1. The van der Waals surface area contributed by atoms with Gasteiger partial charge in [-0.1, -0.05) is 0 Å². The van der Waals surface area contributed by atoms with Gasteiger partial charge in [-0.05, 0) is 41.5 Å².